The fraction of sp³-hybridized carbons (Fsp3) is 0.571. The third-order valence-corrected chi connectivity index (χ3v) is 1.59. The van der Waals surface area contributed by atoms with E-state index in [1.54, 1.807) is 6.92 Å². The minimum Gasteiger partial charge on any atom is -0.267 e. The first-order chi connectivity index (χ1) is 5.99. The summed E-state index contributed by atoms with van der Waals surface area (Å²) < 4.78 is 49.3. The van der Waals surface area contributed by atoms with Crippen LogP contribution in [0.1, 0.15) is 18.3 Å². The van der Waals surface area contributed by atoms with Crippen molar-refractivity contribution >= 4 is 0 Å². The monoisotopic (exact) mass is 196 g/mol. The quantitative estimate of drug-likeness (QED) is 0.664. The van der Waals surface area contributed by atoms with Gasteiger partial charge in [-0.2, -0.15) is 18.3 Å². The van der Waals surface area contributed by atoms with Crippen molar-refractivity contribution in [3.05, 3.63) is 17.5 Å². The lowest BCUT2D eigenvalue weighted by Crippen LogP contribution is -2.07. The van der Waals surface area contributed by atoms with Crippen molar-refractivity contribution in [2.75, 3.05) is 0 Å². The van der Waals surface area contributed by atoms with Crippen molar-refractivity contribution in [1.29, 1.82) is 0 Å². The maximum atomic E-state index is 12.1. The molecular formula is C7H8F4N2. The van der Waals surface area contributed by atoms with Crippen molar-refractivity contribution in [3.8, 4) is 0 Å². The van der Waals surface area contributed by atoms with E-state index in [0.717, 1.165) is 10.7 Å². The average molecular weight is 196 g/mol. The molecule has 0 aliphatic heterocycles. The lowest BCUT2D eigenvalue weighted by Gasteiger charge is -2.00. The molecule has 6 heteroatoms. The summed E-state index contributed by atoms with van der Waals surface area (Å²) in [7, 11) is 0. The number of alkyl halides is 4. The van der Waals surface area contributed by atoms with Gasteiger partial charge in [0.15, 0.2) is 5.69 Å². The van der Waals surface area contributed by atoms with E-state index in [0.29, 0.717) is 0 Å². The number of aromatic nitrogens is 2. The first kappa shape index (κ1) is 10.0. The van der Waals surface area contributed by atoms with Gasteiger partial charge in [0.05, 0.1) is 5.69 Å². The number of rotatable bonds is 2. The number of hydrogen-bond acceptors (Lipinski definition) is 1. The Kier molecular flexibility index (Phi) is 2.58. The molecule has 0 amide bonds. The Balaban J connectivity index is 3.07. The highest BCUT2D eigenvalue weighted by Gasteiger charge is 2.34. The van der Waals surface area contributed by atoms with Crippen LogP contribution in [-0.2, 0) is 19.4 Å². The highest BCUT2D eigenvalue weighted by atomic mass is 19.4. The molecule has 0 aromatic carbocycles. The second kappa shape index (κ2) is 3.35. The predicted octanol–water partition coefficient (Wildman–Crippen LogP) is 2.39. The molecule has 0 aliphatic rings. The van der Waals surface area contributed by atoms with Crippen LogP contribution in [0.5, 0.6) is 0 Å². The van der Waals surface area contributed by atoms with Gasteiger partial charge in [-0.15, -0.1) is 0 Å². The molecule has 0 saturated carbocycles. The summed E-state index contributed by atoms with van der Waals surface area (Å²) in [5.74, 6) is 0. The fourth-order valence-electron chi connectivity index (χ4n) is 0.975. The van der Waals surface area contributed by atoms with Crippen LogP contribution in [0, 0.1) is 0 Å². The number of aryl methyl sites for hydroxylation is 1. The molecule has 74 valence electrons. The molecule has 13 heavy (non-hydrogen) atoms. The van der Waals surface area contributed by atoms with Gasteiger partial charge in [-0.05, 0) is 13.0 Å². The summed E-state index contributed by atoms with van der Waals surface area (Å²) in [6.07, 6.45) is -4.50. The summed E-state index contributed by atoms with van der Waals surface area (Å²) in [5, 5.41) is 3.22. The fourth-order valence-corrected chi connectivity index (χ4v) is 0.975. The van der Waals surface area contributed by atoms with Crippen LogP contribution in [0.2, 0.25) is 0 Å². The third kappa shape index (κ3) is 1.99. The Hall–Kier alpha value is -1.07. The van der Waals surface area contributed by atoms with Gasteiger partial charge in [0.25, 0.3) is 0 Å². The van der Waals surface area contributed by atoms with Crippen LogP contribution >= 0.6 is 0 Å². The molecule has 0 aliphatic carbocycles. The Bertz CT molecular complexity index is 268. The van der Waals surface area contributed by atoms with Crippen molar-refractivity contribution in [2.45, 2.75) is 26.3 Å². The van der Waals surface area contributed by atoms with Crippen molar-refractivity contribution < 1.29 is 17.6 Å². The standard InChI is InChI=1S/C7H8F4N2/c1-2-13-5(4-8)3-6(12-13)7(9,10)11/h3H,2,4H2,1H3. The van der Waals surface area contributed by atoms with E-state index in [1.807, 2.05) is 0 Å². The topological polar surface area (TPSA) is 17.8 Å². The minimum atomic E-state index is -4.50. The van der Waals surface area contributed by atoms with Gasteiger partial charge in [0.1, 0.15) is 6.67 Å². The molecule has 0 spiro atoms. The van der Waals surface area contributed by atoms with Crippen molar-refractivity contribution in [3.63, 3.8) is 0 Å². The summed E-state index contributed by atoms with van der Waals surface area (Å²) in [5.41, 5.74) is -1.09. The van der Waals surface area contributed by atoms with Gasteiger partial charge in [0, 0.05) is 6.54 Å². The zero-order chi connectivity index (χ0) is 10.1. The minimum absolute atomic E-state index is 0.0465. The van der Waals surface area contributed by atoms with Gasteiger partial charge >= 0.3 is 6.18 Å². The molecule has 2 nitrogen and oxygen atoms in total. The normalized spacial score (nSPS) is 12.1. The molecule has 1 aromatic rings. The van der Waals surface area contributed by atoms with Crippen LogP contribution in [0.15, 0.2) is 6.07 Å². The van der Waals surface area contributed by atoms with Crippen LogP contribution < -0.4 is 0 Å². The largest absolute Gasteiger partial charge is 0.435 e. The molecule has 0 saturated heterocycles. The lowest BCUT2D eigenvalue weighted by atomic mass is 10.3. The van der Waals surface area contributed by atoms with Crippen LogP contribution in [0.25, 0.3) is 0 Å². The van der Waals surface area contributed by atoms with Crippen molar-refractivity contribution in [1.82, 2.24) is 9.78 Å². The Morgan fingerprint density at radius 3 is 2.38 bits per heavy atom. The first-order valence-corrected chi connectivity index (χ1v) is 3.69. The molecular weight excluding hydrogens is 188 g/mol. The summed E-state index contributed by atoms with van der Waals surface area (Å²) in [4.78, 5) is 0. The van der Waals surface area contributed by atoms with E-state index in [2.05, 4.69) is 5.10 Å². The van der Waals surface area contributed by atoms with E-state index < -0.39 is 18.5 Å². The maximum Gasteiger partial charge on any atom is 0.435 e. The number of halogens is 4. The van der Waals surface area contributed by atoms with Gasteiger partial charge in [-0.25, -0.2) is 4.39 Å². The summed E-state index contributed by atoms with van der Waals surface area (Å²) in [6.45, 7) is 0.901. The smallest absolute Gasteiger partial charge is 0.267 e. The number of hydrogen-bond donors (Lipinski definition) is 0. The van der Waals surface area contributed by atoms with E-state index in [9.17, 15) is 17.6 Å². The highest BCUT2D eigenvalue weighted by molar-refractivity contribution is 5.12. The summed E-state index contributed by atoms with van der Waals surface area (Å²) >= 11 is 0. The Morgan fingerprint density at radius 1 is 1.46 bits per heavy atom. The molecule has 0 N–H and O–H groups in total. The van der Waals surface area contributed by atoms with Gasteiger partial charge < -0.3 is 0 Å². The number of nitrogens with zero attached hydrogens (tertiary/aromatic N) is 2. The van der Waals surface area contributed by atoms with Gasteiger partial charge in [0.2, 0.25) is 0 Å². The SMILES string of the molecule is CCn1nc(C(F)(F)F)cc1CF. The third-order valence-electron chi connectivity index (χ3n) is 1.59. The summed E-state index contributed by atoms with van der Waals surface area (Å²) in [6, 6.07) is 0.726. The van der Waals surface area contributed by atoms with Gasteiger partial charge in [-0.3, -0.25) is 4.68 Å². The van der Waals surface area contributed by atoms with E-state index in [4.69, 9.17) is 0 Å². The van der Waals surface area contributed by atoms with E-state index >= 15 is 0 Å². The predicted molar refractivity (Wildman–Crippen MR) is 37.7 cm³/mol. The van der Waals surface area contributed by atoms with Crippen molar-refractivity contribution in [2.24, 2.45) is 0 Å². The van der Waals surface area contributed by atoms with E-state index in [1.165, 1.54) is 0 Å². The van der Waals surface area contributed by atoms with Crippen LogP contribution in [0.4, 0.5) is 17.6 Å². The highest BCUT2D eigenvalue weighted by Crippen LogP contribution is 2.28. The molecule has 1 heterocycles. The van der Waals surface area contributed by atoms with Crippen LogP contribution in [-0.4, -0.2) is 9.78 Å². The van der Waals surface area contributed by atoms with E-state index in [-0.39, 0.29) is 12.2 Å². The Morgan fingerprint density at radius 2 is 2.08 bits per heavy atom. The molecule has 0 fully saturated rings. The molecule has 1 rings (SSSR count). The molecule has 0 bridgehead atoms. The first-order valence-electron chi connectivity index (χ1n) is 3.69. The average Bonchev–Trinajstić information content (AvgIpc) is 2.45. The lowest BCUT2D eigenvalue weighted by molar-refractivity contribution is -0.141. The zero-order valence-corrected chi connectivity index (χ0v) is 6.90. The van der Waals surface area contributed by atoms with Crippen LogP contribution in [0.3, 0.4) is 0 Å². The molecule has 0 radical (unpaired) electrons. The molecule has 0 unspecified atom stereocenters. The molecule has 1 aromatic heterocycles. The second-order valence-electron chi connectivity index (χ2n) is 2.47. The van der Waals surface area contributed by atoms with Gasteiger partial charge in [-0.1, -0.05) is 0 Å². The zero-order valence-electron chi connectivity index (χ0n) is 6.90. The second-order valence-corrected chi connectivity index (χ2v) is 2.47. The maximum absolute atomic E-state index is 12.1. The molecule has 0 atom stereocenters. The Labute approximate surface area is 72.2 Å².